The van der Waals surface area contributed by atoms with Crippen LogP contribution >= 0.6 is 36.3 Å². The molecule has 23 heavy (non-hydrogen) atoms. The summed E-state index contributed by atoms with van der Waals surface area (Å²) in [6.07, 6.45) is 0. The fraction of sp³-hybridized carbons (Fsp3) is 0. The van der Waals surface area contributed by atoms with Gasteiger partial charge in [-0.25, -0.2) is 4.52 Å². The summed E-state index contributed by atoms with van der Waals surface area (Å²) in [6.45, 7) is -1.44. The summed E-state index contributed by atoms with van der Waals surface area (Å²) < 4.78 is 4.93. The normalized spacial score (nSPS) is 11.4. The van der Waals surface area contributed by atoms with Crippen molar-refractivity contribution in [3.63, 3.8) is 0 Å². The van der Waals surface area contributed by atoms with Crippen LogP contribution in [-0.4, -0.2) is 0 Å². The topological polar surface area (TPSA) is 12.4 Å². The summed E-state index contributed by atoms with van der Waals surface area (Å²) in [5.41, 5.74) is 0. The van der Waals surface area contributed by atoms with Crippen molar-refractivity contribution in [3.8, 4) is 0 Å². The van der Waals surface area contributed by atoms with E-state index in [0.717, 1.165) is 15.9 Å². The molecular weight excluding hydrogens is 363 g/mol. The van der Waals surface area contributed by atoms with Crippen molar-refractivity contribution in [2.24, 2.45) is 4.52 Å². The fourth-order valence-electron chi connectivity index (χ4n) is 2.63. The zero-order chi connectivity index (χ0) is 16.1. The van der Waals surface area contributed by atoms with E-state index in [1.807, 2.05) is 54.6 Å². The highest BCUT2D eigenvalue weighted by Gasteiger charge is 2.28. The lowest BCUT2D eigenvalue weighted by atomic mass is 10.4. The van der Waals surface area contributed by atoms with E-state index >= 15 is 0 Å². The zero-order valence-electron chi connectivity index (χ0n) is 12.3. The zero-order valence-corrected chi connectivity index (χ0v) is 15.6. The Morgan fingerprint density at radius 3 is 1.13 bits per heavy atom. The van der Waals surface area contributed by atoms with Crippen molar-refractivity contribution in [2.75, 3.05) is 0 Å². The van der Waals surface area contributed by atoms with E-state index in [1.54, 1.807) is 0 Å². The average molecular weight is 378 g/mol. The molecule has 0 amide bonds. The number of hydrogen-bond donors (Lipinski definition) is 0. The van der Waals surface area contributed by atoms with Crippen LogP contribution in [-0.2, 0) is 0 Å². The van der Waals surface area contributed by atoms with Crippen molar-refractivity contribution >= 4 is 52.2 Å². The largest absolute Gasteiger partial charge is 0.235 e. The number of nitrogens with zero attached hydrogens (tertiary/aromatic N) is 1. The smallest absolute Gasteiger partial charge is 0.206 e. The fourth-order valence-corrected chi connectivity index (χ4v) is 9.22. The first-order valence-corrected chi connectivity index (χ1v) is 12.0. The second-order valence-electron chi connectivity index (χ2n) is 4.95. The highest BCUT2D eigenvalue weighted by atomic mass is 35.9. The molecule has 116 valence electrons. The van der Waals surface area contributed by atoms with Gasteiger partial charge in [0.25, 0.3) is 0 Å². The molecule has 0 atom stereocenters. The van der Waals surface area contributed by atoms with Gasteiger partial charge in [-0.1, -0.05) is 113 Å². The average Bonchev–Trinajstić information content (AvgIpc) is 2.62. The maximum atomic E-state index is 6.20. The molecule has 0 aliphatic rings. The Morgan fingerprint density at radius 1 is 0.565 bits per heavy atom. The molecule has 0 spiro atoms. The van der Waals surface area contributed by atoms with Gasteiger partial charge in [0, 0.05) is 15.9 Å². The summed E-state index contributed by atoms with van der Waals surface area (Å²) in [7, 11) is -2.22. The van der Waals surface area contributed by atoms with Gasteiger partial charge in [-0.05, 0) is 0 Å². The third-order valence-corrected chi connectivity index (χ3v) is 9.56. The van der Waals surface area contributed by atoms with Crippen LogP contribution in [0.25, 0.3) is 0 Å². The first-order valence-electron chi connectivity index (χ1n) is 7.14. The van der Waals surface area contributed by atoms with Crippen LogP contribution in [0.2, 0.25) is 0 Å². The van der Waals surface area contributed by atoms with E-state index < -0.39 is 13.8 Å². The van der Waals surface area contributed by atoms with Crippen LogP contribution in [0.4, 0.5) is 0 Å². The molecule has 0 radical (unpaired) electrons. The number of hydrogen-bond acceptors (Lipinski definition) is 1. The minimum atomic E-state index is -2.22. The molecule has 0 heterocycles. The Balaban J connectivity index is 2.41. The van der Waals surface area contributed by atoms with Gasteiger partial charge in [-0.3, -0.25) is 0 Å². The van der Waals surface area contributed by atoms with Crippen molar-refractivity contribution < 1.29 is 0 Å². The summed E-state index contributed by atoms with van der Waals surface area (Å²) in [6, 6.07) is 31.0. The van der Waals surface area contributed by atoms with Gasteiger partial charge in [0.2, 0.25) is 6.78 Å². The van der Waals surface area contributed by atoms with Gasteiger partial charge >= 0.3 is 0 Å². The Hall–Kier alpha value is -1.10. The second-order valence-corrected chi connectivity index (χ2v) is 11.4. The third-order valence-electron chi connectivity index (χ3n) is 3.59. The molecule has 0 aliphatic carbocycles. The highest BCUT2D eigenvalue weighted by Crippen LogP contribution is 2.60. The molecule has 0 unspecified atom stereocenters. The molecule has 0 saturated carbocycles. The Kier molecular flexibility index (Phi) is 5.57. The molecule has 1 nitrogen and oxygen atoms in total. The van der Waals surface area contributed by atoms with Crippen molar-refractivity contribution in [1.82, 2.24) is 0 Å². The number of halogens is 2. The summed E-state index contributed by atoms with van der Waals surface area (Å²) in [5.74, 6) is 0. The lowest BCUT2D eigenvalue weighted by Crippen LogP contribution is -2.24. The first-order chi connectivity index (χ1) is 11.2. The molecule has 3 rings (SSSR count). The molecule has 0 N–H and O–H groups in total. The molecule has 5 heteroatoms. The van der Waals surface area contributed by atoms with Crippen LogP contribution in [0.5, 0.6) is 0 Å². The van der Waals surface area contributed by atoms with Gasteiger partial charge in [0.15, 0.2) is 0 Å². The molecule has 0 fully saturated rings. The molecule has 3 aromatic carbocycles. The number of rotatable bonds is 4. The number of benzene rings is 3. The van der Waals surface area contributed by atoms with Gasteiger partial charge in [-0.2, -0.15) is 0 Å². The predicted octanol–water partition coefficient (Wildman–Crippen LogP) is 5.87. The van der Waals surface area contributed by atoms with Crippen LogP contribution in [0.1, 0.15) is 0 Å². The Bertz CT molecular complexity index is 703. The van der Waals surface area contributed by atoms with Crippen LogP contribution in [0.3, 0.4) is 0 Å². The van der Waals surface area contributed by atoms with E-state index in [4.69, 9.17) is 27.0 Å². The predicted molar refractivity (Wildman–Crippen MR) is 106 cm³/mol. The molecule has 0 saturated heterocycles. The molecular formula is C18H15Cl2NP2. The van der Waals surface area contributed by atoms with Crippen molar-refractivity contribution in [2.45, 2.75) is 0 Å². The van der Waals surface area contributed by atoms with E-state index in [9.17, 15) is 0 Å². The first kappa shape index (κ1) is 16.7. The van der Waals surface area contributed by atoms with Crippen LogP contribution in [0, 0.1) is 0 Å². The van der Waals surface area contributed by atoms with E-state index in [2.05, 4.69) is 36.4 Å². The molecule has 3 aromatic rings. The Morgan fingerprint density at radius 2 is 0.870 bits per heavy atom. The summed E-state index contributed by atoms with van der Waals surface area (Å²) in [4.78, 5) is 0. The standard InChI is InChI=1S/C18H15Cl2NP2/c19-22(20)21-23(16-10-4-1-5-11-16,17-12-6-2-7-13-17)18-14-8-3-9-15-18/h1-15H. The van der Waals surface area contributed by atoms with Crippen molar-refractivity contribution in [3.05, 3.63) is 91.0 Å². The lowest BCUT2D eigenvalue weighted by Gasteiger charge is -2.26. The molecule has 0 aliphatic heterocycles. The Labute approximate surface area is 147 Å². The highest BCUT2D eigenvalue weighted by molar-refractivity contribution is 8.07. The van der Waals surface area contributed by atoms with E-state index in [1.165, 1.54) is 0 Å². The van der Waals surface area contributed by atoms with Crippen LogP contribution < -0.4 is 15.9 Å². The maximum absolute atomic E-state index is 6.20. The summed E-state index contributed by atoms with van der Waals surface area (Å²) >= 11 is 12.4. The minimum Gasteiger partial charge on any atom is -0.235 e. The van der Waals surface area contributed by atoms with Crippen LogP contribution in [0.15, 0.2) is 95.5 Å². The monoisotopic (exact) mass is 377 g/mol. The van der Waals surface area contributed by atoms with Gasteiger partial charge < -0.3 is 0 Å². The quantitative estimate of drug-likeness (QED) is 0.504. The third kappa shape index (κ3) is 3.54. The van der Waals surface area contributed by atoms with E-state index in [0.29, 0.717) is 0 Å². The molecule has 0 aromatic heterocycles. The SMILES string of the molecule is ClP(Cl)N=P(c1ccccc1)(c1ccccc1)c1ccccc1. The van der Waals surface area contributed by atoms with E-state index in [-0.39, 0.29) is 0 Å². The maximum Gasteiger partial charge on any atom is 0.206 e. The summed E-state index contributed by atoms with van der Waals surface area (Å²) in [5, 5.41) is 3.48. The van der Waals surface area contributed by atoms with Gasteiger partial charge in [0.1, 0.15) is 0 Å². The van der Waals surface area contributed by atoms with Crippen molar-refractivity contribution in [1.29, 1.82) is 0 Å². The minimum absolute atomic E-state index is 1.16. The van der Waals surface area contributed by atoms with Gasteiger partial charge in [0.05, 0.1) is 7.05 Å². The van der Waals surface area contributed by atoms with Gasteiger partial charge in [-0.15, -0.1) is 0 Å². The lowest BCUT2D eigenvalue weighted by molar-refractivity contribution is 1.71. The molecule has 0 bridgehead atoms. The second kappa shape index (κ2) is 7.65.